The van der Waals surface area contributed by atoms with Crippen molar-refractivity contribution in [2.24, 2.45) is 5.92 Å². The number of anilines is 1. The van der Waals surface area contributed by atoms with Crippen molar-refractivity contribution in [1.29, 1.82) is 0 Å². The minimum atomic E-state index is 0.642. The topological polar surface area (TPSA) is 24.9 Å². The summed E-state index contributed by atoms with van der Waals surface area (Å²) in [4.78, 5) is 4.31. The highest BCUT2D eigenvalue weighted by atomic mass is 14.9. The van der Waals surface area contributed by atoms with Crippen LogP contribution in [0.25, 0.3) is 0 Å². The van der Waals surface area contributed by atoms with Gasteiger partial charge in [-0.3, -0.25) is 4.98 Å². The van der Waals surface area contributed by atoms with Crippen LogP contribution in [0.4, 0.5) is 5.69 Å². The number of pyridine rings is 1. The van der Waals surface area contributed by atoms with E-state index < -0.39 is 0 Å². The average molecular weight is 204 g/mol. The van der Waals surface area contributed by atoms with Gasteiger partial charge in [-0.05, 0) is 37.8 Å². The fourth-order valence-corrected chi connectivity index (χ4v) is 2.30. The fraction of sp³-hybridized carbons (Fsp3) is 0.615. The Morgan fingerprint density at radius 2 is 2.07 bits per heavy atom. The van der Waals surface area contributed by atoms with E-state index in [1.54, 1.807) is 0 Å². The molecule has 0 saturated heterocycles. The standard InChI is InChI=1S/C13H20N2/c1-10-5-3-4-6-13(10)15-12-8-7-11(2)14-9-12/h7-10,13,15H,3-6H2,1-2H3/t10-,13+/m0/s1. The van der Waals surface area contributed by atoms with E-state index in [2.05, 4.69) is 29.4 Å². The number of nitrogens with zero attached hydrogens (tertiary/aromatic N) is 1. The molecule has 2 heteroatoms. The second kappa shape index (κ2) is 4.65. The van der Waals surface area contributed by atoms with Crippen molar-refractivity contribution in [3.05, 3.63) is 24.0 Å². The largest absolute Gasteiger partial charge is 0.381 e. The molecule has 1 aromatic heterocycles. The first-order valence-corrected chi connectivity index (χ1v) is 5.95. The maximum atomic E-state index is 4.31. The van der Waals surface area contributed by atoms with Gasteiger partial charge in [-0.2, -0.15) is 0 Å². The molecule has 82 valence electrons. The van der Waals surface area contributed by atoms with Gasteiger partial charge in [0.15, 0.2) is 0 Å². The summed E-state index contributed by atoms with van der Waals surface area (Å²) < 4.78 is 0. The first kappa shape index (κ1) is 10.5. The molecule has 0 radical (unpaired) electrons. The molecule has 1 fully saturated rings. The summed E-state index contributed by atoms with van der Waals surface area (Å²) in [6.45, 7) is 4.37. The summed E-state index contributed by atoms with van der Waals surface area (Å²) >= 11 is 0. The van der Waals surface area contributed by atoms with E-state index in [-0.39, 0.29) is 0 Å². The Morgan fingerprint density at radius 1 is 1.27 bits per heavy atom. The summed E-state index contributed by atoms with van der Waals surface area (Å²) in [6, 6.07) is 4.84. The van der Waals surface area contributed by atoms with Gasteiger partial charge in [0.05, 0.1) is 11.9 Å². The zero-order chi connectivity index (χ0) is 10.7. The maximum absolute atomic E-state index is 4.31. The highest BCUT2D eigenvalue weighted by Crippen LogP contribution is 2.26. The average Bonchev–Trinajstić information content (AvgIpc) is 2.25. The second-order valence-electron chi connectivity index (χ2n) is 4.70. The number of hydrogen-bond donors (Lipinski definition) is 1. The van der Waals surface area contributed by atoms with E-state index >= 15 is 0 Å². The summed E-state index contributed by atoms with van der Waals surface area (Å²) in [5, 5.41) is 3.60. The molecule has 2 nitrogen and oxygen atoms in total. The van der Waals surface area contributed by atoms with Crippen LogP contribution in [-0.2, 0) is 0 Å². The van der Waals surface area contributed by atoms with Crippen LogP contribution in [0.1, 0.15) is 38.3 Å². The van der Waals surface area contributed by atoms with E-state index in [9.17, 15) is 0 Å². The number of aromatic nitrogens is 1. The molecule has 2 rings (SSSR count). The van der Waals surface area contributed by atoms with Gasteiger partial charge in [0.1, 0.15) is 0 Å². The van der Waals surface area contributed by atoms with Crippen LogP contribution in [0.2, 0.25) is 0 Å². The van der Waals surface area contributed by atoms with Crippen LogP contribution in [0.15, 0.2) is 18.3 Å². The molecule has 0 aromatic carbocycles. The highest BCUT2D eigenvalue weighted by molar-refractivity contribution is 5.42. The molecular formula is C13H20N2. The lowest BCUT2D eigenvalue weighted by atomic mass is 9.86. The molecule has 1 aliphatic rings. The molecule has 0 bridgehead atoms. The third kappa shape index (κ3) is 2.71. The molecule has 1 N–H and O–H groups in total. The van der Waals surface area contributed by atoms with Gasteiger partial charge in [-0.1, -0.05) is 19.8 Å². The van der Waals surface area contributed by atoms with Crippen LogP contribution in [0, 0.1) is 12.8 Å². The number of nitrogens with one attached hydrogen (secondary N) is 1. The molecule has 1 aliphatic carbocycles. The fourth-order valence-electron chi connectivity index (χ4n) is 2.30. The van der Waals surface area contributed by atoms with E-state index in [4.69, 9.17) is 0 Å². The van der Waals surface area contributed by atoms with Crippen molar-refractivity contribution in [2.75, 3.05) is 5.32 Å². The molecular weight excluding hydrogens is 184 g/mol. The summed E-state index contributed by atoms with van der Waals surface area (Å²) in [5.74, 6) is 0.792. The first-order chi connectivity index (χ1) is 7.25. The number of rotatable bonds is 2. The lowest BCUT2D eigenvalue weighted by Crippen LogP contribution is -2.30. The molecule has 15 heavy (non-hydrogen) atoms. The van der Waals surface area contributed by atoms with E-state index in [1.807, 2.05) is 13.1 Å². The Balaban J connectivity index is 1.98. The zero-order valence-electron chi connectivity index (χ0n) is 9.66. The Labute approximate surface area is 92.1 Å². The van der Waals surface area contributed by atoms with Gasteiger partial charge >= 0.3 is 0 Å². The van der Waals surface area contributed by atoms with E-state index in [0.29, 0.717) is 6.04 Å². The SMILES string of the molecule is Cc1ccc(N[C@@H]2CCCC[C@@H]2C)cn1. The monoisotopic (exact) mass is 204 g/mol. The van der Waals surface area contributed by atoms with Crippen molar-refractivity contribution < 1.29 is 0 Å². The lowest BCUT2D eigenvalue weighted by Gasteiger charge is -2.30. The Bertz CT molecular complexity index is 305. The minimum Gasteiger partial charge on any atom is -0.381 e. The van der Waals surface area contributed by atoms with Crippen LogP contribution in [0.3, 0.4) is 0 Å². The molecule has 0 amide bonds. The zero-order valence-corrected chi connectivity index (χ0v) is 9.66. The van der Waals surface area contributed by atoms with Crippen molar-refractivity contribution in [3.8, 4) is 0 Å². The Hall–Kier alpha value is -1.05. The Morgan fingerprint density at radius 3 is 2.73 bits per heavy atom. The van der Waals surface area contributed by atoms with Crippen molar-refractivity contribution in [2.45, 2.75) is 45.6 Å². The third-order valence-electron chi connectivity index (χ3n) is 3.37. The third-order valence-corrected chi connectivity index (χ3v) is 3.37. The number of aryl methyl sites for hydroxylation is 1. The van der Waals surface area contributed by atoms with Gasteiger partial charge in [-0.15, -0.1) is 0 Å². The summed E-state index contributed by atoms with van der Waals surface area (Å²) in [6.07, 6.45) is 7.36. The van der Waals surface area contributed by atoms with Crippen molar-refractivity contribution >= 4 is 5.69 Å². The van der Waals surface area contributed by atoms with E-state index in [0.717, 1.165) is 11.6 Å². The van der Waals surface area contributed by atoms with Gasteiger partial charge in [0.25, 0.3) is 0 Å². The molecule has 1 saturated carbocycles. The molecule has 0 unspecified atom stereocenters. The molecule has 1 aromatic rings. The van der Waals surface area contributed by atoms with Crippen LogP contribution in [-0.4, -0.2) is 11.0 Å². The molecule has 1 heterocycles. The quantitative estimate of drug-likeness (QED) is 0.798. The van der Waals surface area contributed by atoms with Crippen molar-refractivity contribution in [1.82, 2.24) is 4.98 Å². The highest BCUT2D eigenvalue weighted by Gasteiger charge is 2.20. The molecule has 0 aliphatic heterocycles. The maximum Gasteiger partial charge on any atom is 0.0529 e. The molecule has 2 atom stereocenters. The van der Waals surface area contributed by atoms with E-state index in [1.165, 1.54) is 31.4 Å². The first-order valence-electron chi connectivity index (χ1n) is 5.95. The van der Waals surface area contributed by atoms with Crippen LogP contribution < -0.4 is 5.32 Å². The predicted molar refractivity (Wildman–Crippen MR) is 64.0 cm³/mol. The minimum absolute atomic E-state index is 0.642. The number of hydrogen-bond acceptors (Lipinski definition) is 2. The van der Waals surface area contributed by atoms with Gasteiger partial charge < -0.3 is 5.32 Å². The van der Waals surface area contributed by atoms with Gasteiger partial charge in [-0.25, -0.2) is 0 Å². The van der Waals surface area contributed by atoms with Crippen LogP contribution in [0.5, 0.6) is 0 Å². The normalized spacial score (nSPS) is 26.3. The van der Waals surface area contributed by atoms with Crippen molar-refractivity contribution in [3.63, 3.8) is 0 Å². The summed E-state index contributed by atoms with van der Waals surface area (Å²) in [7, 11) is 0. The second-order valence-corrected chi connectivity index (χ2v) is 4.70. The Kier molecular flexibility index (Phi) is 3.24. The van der Waals surface area contributed by atoms with Gasteiger partial charge in [0.2, 0.25) is 0 Å². The summed E-state index contributed by atoms with van der Waals surface area (Å²) in [5.41, 5.74) is 2.25. The molecule has 0 spiro atoms. The predicted octanol–water partition coefficient (Wildman–Crippen LogP) is 3.38. The van der Waals surface area contributed by atoms with Crippen LogP contribution >= 0.6 is 0 Å². The lowest BCUT2D eigenvalue weighted by molar-refractivity contribution is 0.349. The smallest absolute Gasteiger partial charge is 0.0529 e. The van der Waals surface area contributed by atoms with Gasteiger partial charge in [0, 0.05) is 11.7 Å².